The van der Waals surface area contributed by atoms with Gasteiger partial charge in [-0.1, -0.05) is 36.4 Å². The molecule has 1 N–H and O–H groups in total. The molecule has 0 radical (unpaired) electrons. The Kier molecular flexibility index (Phi) is 3.51. The molecule has 1 atom stereocenters. The maximum absolute atomic E-state index is 11.4. The minimum absolute atomic E-state index is 0.0158. The van der Waals surface area contributed by atoms with Crippen LogP contribution in [0.1, 0.15) is 13.3 Å². The Morgan fingerprint density at radius 1 is 1.56 bits per heavy atom. The van der Waals surface area contributed by atoms with Gasteiger partial charge in [-0.2, -0.15) is 0 Å². The lowest BCUT2D eigenvalue weighted by molar-refractivity contribution is -0.118. The van der Waals surface area contributed by atoms with E-state index in [1.54, 1.807) is 12.1 Å². The summed E-state index contributed by atoms with van der Waals surface area (Å²) < 4.78 is 0. The van der Waals surface area contributed by atoms with Crippen LogP contribution in [0.2, 0.25) is 5.02 Å². The van der Waals surface area contributed by atoms with Gasteiger partial charge in [0.25, 0.3) is 0 Å². The summed E-state index contributed by atoms with van der Waals surface area (Å²) >= 11 is 7.32. The monoisotopic (exact) mass is 254 g/mol. The summed E-state index contributed by atoms with van der Waals surface area (Å²) in [6.07, 6.45) is 0.811. The van der Waals surface area contributed by atoms with Crippen molar-refractivity contribution in [3.63, 3.8) is 0 Å². The Bertz CT molecular complexity index is 447. The first kappa shape index (κ1) is 11.5. The van der Waals surface area contributed by atoms with Crippen molar-refractivity contribution in [2.45, 2.75) is 18.6 Å². The van der Waals surface area contributed by atoms with Gasteiger partial charge in [0.05, 0.1) is 10.9 Å². The van der Waals surface area contributed by atoms with E-state index in [0.29, 0.717) is 10.2 Å². The van der Waals surface area contributed by atoms with Crippen LogP contribution < -0.4 is 5.32 Å². The van der Waals surface area contributed by atoms with Gasteiger partial charge in [0, 0.05) is 5.02 Å². The number of amides is 1. The molecular formula is C11H11ClN2OS. The third kappa shape index (κ3) is 2.57. The van der Waals surface area contributed by atoms with Crippen LogP contribution in [0.3, 0.4) is 0 Å². The van der Waals surface area contributed by atoms with Crippen LogP contribution in [0.25, 0.3) is 0 Å². The fraction of sp³-hybridized carbons (Fsp3) is 0.273. The number of nitrogens with zero attached hydrogens (tertiary/aromatic N) is 1. The number of halogens is 1. The quantitative estimate of drug-likeness (QED) is 0.882. The van der Waals surface area contributed by atoms with E-state index in [1.165, 1.54) is 11.8 Å². The Hall–Kier alpha value is -1.00. The van der Waals surface area contributed by atoms with Crippen LogP contribution in [0.5, 0.6) is 0 Å². The first-order chi connectivity index (χ1) is 7.69. The van der Waals surface area contributed by atoms with Gasteiger partial charge in [0.2, 0.25) is 5.91 Å². The smallest absolute Gasteiger partial charge is 0.239 e. The number of nitrogens with one attached hydrogen (secondary N) is 1. The van der Waals surface area contributed by atoms with Gasteiger partial charge in [-0.25, -0.2) is 4.99 Å². The first-order valence-electron chi connectivity index (χ1n) is 5.01. The van der Waals surface area contributed by atoms with E-state index in [9.17, 15) is 4.79 Å². The summed E-state index contributed by atoms with van der Waals surface area (Å²) in [4.78, 5) is 15.8. The topological polar surface area (TPSA) is 41.5 Å². The summed E-state index contributed by atoms with van der Waals surface area (Å²) in [7, 11) is 0. The Morgan fingerprint density at radius 3 is 3.00 bits per heavy atom. The van der Waals surface area contributed by atoms with Crippen molar-refractivity contribution in [1.82, 2.24) is 5.32 Å². The number of hydrogen-bond donors (Lipinski definition) is 1. The van der Waals surface area contributed by atoms with Crippen LogP contribution in [-0.4, -0.2) is 16.3 Å². The van der Waals surface area contributed by atoms with Crippen molar-refractivity contribution in [3.8, 4) is 0 Å². The number of rotatable bonds is 2. The molecule has 1 aromatic carbocycles. The molecule has 0 aliphatic carbocycles. The third-order valence-electron chi connectivity index (χ3n) is 2.19. The molecule has 1 aliphatic heterocycles. The fourth-order valence-electron chi connectivity index (χ4n) is 1.39. The average molecular weight is 255 g/mol. The Balaban J connectivity index is 2.17. The minimum Gasteiger partial charge on any atom is -0.304 e. The molecule has 5 heteroatoms. The highest BCUT2D eigenvalue weighted by molar-refractivity contribution is 8.15. The Morgan fingerprint density at radius 2 is 2.38 bits per heavy atom. The lowest BCUT2D eigenvalue weighted by Crippen LogP contribution is -2.24. The average Bonchev–Trinajstić information content (AvgIpc) is 2.58. The van der Waals surface area contributed by atoms with Crippen molar-refractivity contribution < 1.29 is 4.79 Å². The molecular weight excluding hydrogens is 244 g/mol. The highest BCUT2D eigenvalue weighted by Gasteiger charge is 2.28. The second-order valence-electron chi connectivity index (χ2n) is 3.40. The highest BCUT2D eigenvalue weighted by Crippen LogP contribution is 2.25. The molecule has 1 fully saturated rings. The molecule has 0 saturated carbocycles. The Labute approximate surface area is 103 Å². The summed E-state index contributed by atoms with van der Waals surface area (Å²) in [5, 5.41) is 4.03. The fourth-order valence-corrected chi connectivity index (χ4v) is 2.49. The molecule has 3 nitrogen and oxygen atoms in total. The standard InChI is InChI=1S/C11H11ClN2OS/c1-2-9-10(15)14-11(16-9)13-8-5-3-4-7(12)6-8/h3-6,9H,2H2,1H3,(H,13,14,15). The van der Waals surface area contributed by atoms with Gasteiger partial charge in [-0.15, -0.1) is 0 Å². The molecule has 1 amide bonds. The van der Waals surface area contributed by atoms with Gasteiger partial charge >= 0.3 is 0 Å². The largest absolute Gasteiger partial charge is 0.304 e. The van der Waals surface area contributed by atoms with E-state index in [1.807, 2.05) is 19.1 Å². The number of hydrogen-bond acceptors (Lipinski definition) is 3. The lowest BCUT2D eigenvalue weighted by atomic mass is 10.3. The van der Waals surface area contributed by atoms with Crippen molar-refractivity contribution in [3.05, 3.63) is 29.3 Å². The van der Waals surface area contributed by atoms with Crippen LogP contribution in [-0.2, 0) is 4.79 Å². The van der Waals surface area contributed by atoms with E-state index in [2.05, 4.69) is 10.3 Å². The molecule has 2 rings (SSSR count). The van der Waals surface area contributed by atoms with Crippen LogP contribution in [0.4, 0.5) is 5.69 Å². The molecule has 0 aromatic heterocycles. The second-order valence-corrected chi connectivity index (χ2v) is 5.03. The number of carbonyl (C=O) groups is 1. The predicted molar refractivity (Wildman–Crippen MR) is 68.4 cm³/mol. The molecule has 16 heavy (non-hydrogen) atoms. The zero-order valence-electron chi connectivity index (χ0n) is 8.74. The van der Waals surface area contributed by atoms with Gasteiger partial charge < -0.3 is 5.32 Å². The number of thioether (sulfide) groups is 1. The van der Waals surface area contributed by atoms with E-state index in [4.69, 9.17) is 11.6 Å². The van der Waals surface area contributed by atoms with E-state index in [0.717, 1.165) is 12.1 Å². The van der Waals surface area contributed by atoms with Crippen molar-refractivity contribution in [2.75, 3.05) is 0 Å². The SMILES string of the molecule is CCC1SC(=Nc2cccc(Cl)c2)NC1=O. The van der Waals surface area contributed by atoms with Crippen LogP contribution in [0, 0.1) is 0 Å². The normalized spacial score (nSPS) is 22.5. The summed E-state index contributed by atoms with van der Waals surface area (Å²) in [6.45, 7) is 1.99. The minimum atomic E-state index is -0.0158. The van der Waals surface area contributed by atoms with Gasteiger partial charge in [0.15, 0.2) is 5.17 Å². The van der Waals surface area contributed by atoms with Gasteiger partial charge in [-0.3, -0.25) is 4.79 Å². The molecule has 1 aliphatic rings. The first-order valence-corrected chi connectivity index (χ1v) is 6.26. The maximum Gasteiger partial charge on any atom is 0.239 e. The molecule has 1 heterocycles. The molecule has 84 valence electrons. The van der Waals surface area contributed by atoms with Gasteiger partial charge in [-0.05, 0) is 24.6 Å². The zero-order chi connectivity index (χ0) is 11.5. The van der Waals surface area contributed by atoms with E-state index < -0.39 is 0 Å². The second kappa shape index (κ2) is 4.89. The number of aliphatic imine (C=N–C) groups is 1. The number of carbonyl (C=O) groups excluding carboxylic acids is 1. The van der Waals surface area contributed by atoms with E-state index in [-0.39, 0.29) is 11.2 Å². The molecule has 1 aromatic rings. The number of amidine groups is 1. The summed E-state index contributed by atoms with van der Waals surface area (Å²) in [5.41, 5.74) is 0.757. The lowest BCUT2D eigenvalue weighted by Gasteiger charge is -1.97. The molecule has 0 spiro atoms. The summed E-state index contributed by atoms with van der Waals surface area (Å²) in [6, 6.07) is 7.24. The van der Waals surface area contributed by atoms with Crippen molar-refractivity contribution >= 4 is 40.1 Å². The zero-order valence-corrected chi connectivity index (χ0v) is 10.3. The van der Waals surface area contributed by atoms with Crippen LogP contribution >= 0.6 is 23.4 Å². The molecule has 1 unspecified atom stereocenters. The van der Waals surface area contributed by atoms with Gasteiger partial charge in [0.1, 0.15) is 0 Å². The number of benzene rings is 1. The molecule has 1 saturated heterocycles. The summed E-state index contributed by atoms with van der Waals surface area (Å²) in [5.74, 6) is 0.0354. The third-order valence-corrected chi connectivity index (χ3v) is 3.67. The molecule has 0 bridgehead atoms. The van der Waals surface area contributed by atoms with Crippen molar-refractivity contribution in [1.29, 1.82) is 0 Å². The maximum atomic E-state index is 11.4. The predicted octanol–water partition coefficient (Wildman–Crippen LogP) is 2.97. The van der Waals surface area contributed by atoms with Crippen molar-refractivity contribution in [2.24, 2.45) is 4.99 Å². The van der Waals surface area contributed by atoms with E-state index >= 15 is 0 Å². The van der Waals surface area contributed by atoms with Crippen LogP contribution in [0.15, 0.2) is 29.3 Å². The highest BCUT2D eigenvalue weighted by atomic mass is 35.5.